The van der Waals surface area contributed by atoms with Crippen molar-refractivity contribution in [2.24, 2.45) is 0 Å². The van der Waals surface area contributed by atoms with Gasteiger partial charge >= 0.3 is 12.0 Å². The SMILES string of the molecule is CCOc1cc(/C=C2/NC(=O)N(CC(=O)O)C2=O)cc(I)c1OCC(=O)Nc1ccccc1. The number of carbonyl (C=O) groups is 4. The van der Waals surface area contributed by atoms with Gasteiger partial charge < -0.3 is 25.2 Å². The summed E-state index contributed by atoms with van der Waals surface area (Å²) >= 11 is 2.01. The Balaban J connectivity index is 1.77. The first-order chi connectivity index (χ1) is 15.8. The minimum Gasteiger partial charge on any atom is -0.490 e. The van der Waals surface area contributed by atoms with Crippen molar-refractivity contribution < 1.29 is 33.8 Å². The van der Waals surface area contributed by atoms with E-state index in [9.17, 15) is 19.2 Å². The molecule has 4 amide bonds. The van der Waals surface area contributed by atoms with Crippen LogP contribution in [0.5, 0.6) is 11.5 Å². The highest BCUT2D eigenvalue weighted by molar-refractivity contribution is 14.1. The Morgan fingerprint density at radius 3 is 2.58 bits per heavy atom. The number of imide groups is 1. The van der Waals surface area contributed by atoms with Gasteiger partial charge in [-0.2, -0.15) is 0 Å². The molecule has 11 heteroatoms. The highest BCUT2D eigenvalue weighted by Gasteiger charge is 2.35. The van der Waals surface area contributed by atoms with Crippen molar-refractivity contribution in [3.63, 3.8) is 0 Å². The molecule has 0 aromatic heterocycles. The van der Waals surface area contributed by atoms with Crippen molar-refractivity contribution in [3.8, 4) is 11.5 Å². The third kappa shape index (κ3) is 6.22. The summed E-state index contributed by atoms with van der Waals surface area (Å²) in [6, 6.07) is 11.4. The molecular formula is C22H20IN3O7. The average Bonchev–Trinajstić information content (AvgIpc) is 3.01. The number of benzene rings is 2. The second-order valence-corrected chi connectivity index (χ2v) is 7.90. The van der Waals surface area contributed by atoms with E-state index in [1.54, 1.807) is 43.3 Å². The molecule has 1 aliphatic rings. The largest absolute Gasteiger partial charge is 0.490 e. The summed E-state index contributed by atoms with van der Waals surface area (Å²) in [7, 11) is 0. The van der Waals surface area contributed by atoms with Crippen LogP contribution < -0.4 is 20.1 Å². The first kappa shape index (κ1) is 24.0. The highest BCUT2D eigenvalue weighted by atomic mass is 127. The summed E-state index contributed by atoms with van der Waals surface area (Å²) in [5, 5.41) is 14.0. The van der Waals surface area contributed by atoms with E-state index >= 15 is 0 Å². The molecule has 0 unspecified atom stereocenters. The molecule has 1 heterocycles. The molecule has 1 fully saturated rings. The standard InChI is InChI=1S/C22H20IN3O7/c1-2-32-17-10-13(9-16-21(30)26(11-19(28)29)22(31)25-16)8-15(23)20(17)33-12-18(27)24-14-6-4-3-5-7-14/h3-10H,2,11-12H2,1H3,(H,24,27)(H,25,31)(H,28,29)/b16-9+. The van der Waals surface area contributed by atoms with E-state index in [2.05, 4.69) is 10.6 Å². The molecule has 33 heavy (non-hydrogen) atoms. The molecule has 1 saturated heterocycles. The van der Waals surface area contributed by atoms with E-state index < -0.39 is 24.5 Å². The lowest BCUT2D eigenvalue weighted by atomic mass is 10.1. The van der Waals surface area contributed by atoms with E-state index in [4.69, 9.17) is 14.6 Å². The van der Waals surface area contributed by atoms with Crippen LogP contribution in [0, 0.1) is 3.57 Å². The summed E-state index contributed by atoms with van der Waals surface area (Å²) in [5.41, 5.74) is 1.10. The van der Waals surface area contributed by atoms with Crippen LogP contribution >= 0.6 is 22.6 Å². The van der Waals surface area contributed by atoms with Crippen LogP contribution in [0.4, 0.5) is 10.5 Å². The lowest BCUT2D eigenvalue weighted by Gasteiger charge is -2.15. The molecular weight excluding hydrogens is 545 g/mol. The molecule has 10 nitrogen and oxygen atoms in total. The van der Waals surface area contributed by atoms with Gasteiger partial charge in [-0.15, -0.1) is 0 Å². The Hall–Kier alpha value is -3.61. The number of halogens is 1. The molecule has 2 aromatic rings. The Morgan fingerprint density at radius 1 is 1.18 bits per heavy atom. The summed E-state index contributed by atoms with van der Waals surface area (Å²) in [5.74, 6) is -1.68. The summed E-state index contributed by atoms with van der Waals surface area (Å²) < 4.78 is 12.0. The predicted octanol–water partition coefficient (Wildman–Crippen LogP) is 2.68. The monoisotopic (exact) mass is 565 g/mol. The molecule has 0 atom stereocenters. The highest BCUT2D eigenvalue weighted by Crippen LogP contribution is 2.35. The number of ether oxygens (including phenoxy) is 2. The van der Waals surface area contributed by atoms with Gasteiger partial charge in [-0.25, -0.2) is 9.69 Å². The molecule has 3 N–H and O–H groups in total. The maximum Gasteiger partial charge on any atom is 0.329 e. The fraction of sp³-hybridized carbons (Fsp3) is 0.182. The fourth-order valence-electron chi connectivity index (χ4n) is 2.95. The maximum atomic E-state index is 12.4. The Kier molecular flexibility index (Phi) is 7.87. The zero-order chi connectivity index (χ0) is 24.0. The van der Waals surface area contributed by atoms with Crippen molar-refractivity contribution in [2.45, 2.75) is 6.92 Å². The minimum atomic E-state index is -1.30. The van der Waals surface area contributed by atoms with Gasteiger partial charge in [0.2, 0.25) is 0 Å². The molecule has 172 valence electrons. The van der Waals surface area contributed by atoms with E-state index in [0.717, 1.165) is 0 Å². The maximum absolute atomic E-state index is 12.4. The normalized spacial score (nSPS) is 14.2. The summed E-state index contributed by atoms with van der Waals surface area (Å²) in [6.07, 6.45) is 1.42. The number of carboxylic acids is 1. The Labute approximate surface area is 202 Å². The lowest BCUT2D eigenvalue weighted by molar-refractivity contribution is -0.140. The summed E-state index contributed by atoms with van der Waals surface area (Å²) in [6.45, 7) is 1.13. The van der Waals surface area contributed by atoms with Gasteiger partial charge in [0, 0.05) is 5.69 Å². The van der Waals surface area contributed by atoms with Crippen LogP contribution in [0.25, 0.3) is 6.08 Å². The van der Waals surface area contributed by atoms with Crippen molar-refractivity contribution in [1.29, 1.82) is 0 Å². The molecule has 0 bridgehead atoms. The van der Waals surface area contributed by atoms with Crippen LogP contribution in [0.15, 0.2) is 48.2 Å². The van der Waals surface area contributed by atoms with Crippen LogP contribution in [-0.4, -0.2) is 53.6 Å². The van der Waals surface area contributed by atoms with Crippen LogP contribution in [-0.2, 0) is 14.4 Å². The van der Waals surface area contributed by atoms with E-state index in [1.807, 2.05) is 28.7 Å². The molecule has 0 aliphatic carbocycles. The quantitative estimate of drug-likeness (QED) is 0.242. The van der Waals surface area contributed by atoms with E-state index in [1.165, 1.54) is 6.08 Å². The molecule has 0 radical (unpaired) electrons. The predicted molar refractivity (Wildman–Crippen MR) is 127 cm³/mol. The Morgan fingerprint density at radius 2 is 1.91 bits per heavy atom. The smallest absolute Gasteiger partial charge is 0.329 e. The zero-order valence-corrected chi connectivity index (χ0v) is 19.6. The number of aliphatic carboxylic acids is 1. The first-order valence-electron chi connectivity index (χ1n) is 9.79. The van der Waals surface area contributed by atoms with Crippen LogP contribution in [0.2, 0.25) is 0 Å². The summed E-state index contributed by atoms with van der Waals surface area (Å²) in [4.78, 5) is 47.9. The van der Waals surface area contributed by atoms with Gasteiger partial charge in [0.1, 0.15) is 12.2 Å². The lowest BCUT2D eigenvalue weighted by Crippen LogP contribution is -2.35. The van der Waals surface area contributed by atoms with Gasteiger partial charge in [-0.05, 0) is 65.4 Å². The second kappa shape index (κ2) is 10.8. The number of carboxylic acid groups (broad SMARTS) is 1. The van der Waals surface area contributed by atoms with Crippen molar-refractivity contribution in [2.75, 3.05) is 25.1 Å². The van der Waals surface area contributed by atoms with Gasteiger partial charge in [-0.1, -0.05) is 18.2 Å². The Bertz CT molecular complexity index is 1120. The number of urea groups is 1. The molecule has 0 spiro atoms. The number of nitrogens with zero attached hydrogens (tertiary/aromatic N) is 1. The third-order valence-corrected chi connectivity index (χ3v) is 5.10. The van der Waals surface area contributed by atoms with Crippen molar-refractivity contribution in [1.82, 2.24) is 10.2 Å². The first-order valence-corrected chi connectivity index (χ1v) is 10.9. The topological polar surface area (TPSA) is 134 Å². The van der Waals surface area contributed by atoms with E-state index in [0.29, 0.717) is 37.8 Å². The number of amides is 4. The number of hydrogen-bond donors (Lipinski definition) is 3. The number of nitrogens with one attached hydrogen (secondary N) is 2. The van der Waals surface area contributed by atoms with E-state index in [-0.39, 0.29) is 18.2 Å². The second-order valence-electron chi connectivity index (χ2n) is 6.74. The molecule has 2 aromatic carbocycles. The van der Waals surface area contributed by atoms with Crippen LogP contribution in [0.3, 0.4) is 0 Å². The van der Waals surface area contributed by atoms with Gasteiger partial charge in [0.25, 0.3) is 11.8 Å². The van der Waals surface area contributed by atoms with Gasteiger partial charge in [0.15, 0.2) is 18.1 Å². The van der Waals surface area contributed by atoms with Gasteiger partial charge in [-0.3, -0.25) is 14.4 Å². The van der Waals surface area contributed by atoms with Crippen LogP contribution in [0.1, 0.15) is 12.5 Å². The average molecular weight is 565 g/mol. The molecule has 0 saturated carbocycles. The zero-order valence-electron chi connectivity index (χ0n) is 17.5. The number of carbonyl (C=O) groups excluding carboxylic acids is 3. The van der Waals surface area contributed by atoms with Crippen molar-refractivity contribution in [3.05, 3.63) is 57.3 Å². The molecule has 1 aliphatic heterocycles. The fourth-order valence-corrected chi connectivity index (χ4v) is 3.73. The number of rotatable bonds is 9. The number of hydrogen-bond acceptors (Lipinski definition) is 6. The molecule has 3 rings (SSSR count). The third-order valence-electron chi connectivity index (χ3n) is 4.30. The number of para-hydroxylation sites is 1. The van der Waals surface area contributed by atoms with Crippen molar-refractivity contribution >= 4 is 58.2 Å². The number of anilines is 1. The minimum absolute atomic E-state index is 0.0598. The van der Waals surface area contributed by atoms with Gasteiger partial charge in [0.05, 0.1) is 10.2 Å².